The molecule has 8 nitrogen and oxygen atoms in total. The Kier molecular flexibility index (Phi) is 5.71. The number of carboxylic acid groups (broad SMARTS) is 1. The molecular weight excluding hydrogens is 475 g/mol. The quantitative estimate of drug-likeness (QED) is 0.320. The largest absolute Gasteiger partial charge is 0.478 e. The maximum Gasteiger partial charge on any atom is 0.343 e. The van der Waals surface area contributed by atoms with Gasteiger partial charge in [-0.15, -0.1) is 11.3 Å². The summed E-state index contributed by atoms with van der Waals surface area (Å²) in [6.07, 6.45) is 0. The third kappa shape index (κ3) is 3.97. The number of nitrogens with two attached hydrogens (primary N) is 1. The number of rotatable bonds is 4. The number of anilines is 1. The summed E-state index contributed by atoms with van der Waals surface area (Å²) < 4.78 is 19.8. The van der Waals surface area contributed by atoms with Crippen molar-refractivity contribution in [3.8, 4) is 0 Å². The molecule has 1 aromatic heterocycles. The molecule has 2 heterocycles. The van der Waals surface area contributed by atoms with Crippen LogP contribution >= 0.6 is 22.9 Å². The third-order valence-corrected chi connectivity index (χ3v) is 5.86. The van der Waals surface area contributed by atoms with Crippen LogP contribution in [0.4, 0.5) is 14.9 Å². The molecule has 0 radical (unpaired) electrons. The van der Waals surface area contributed by atoms with E-state index in [1.165, 1.54) is 18.2 Å². The van der Waals surface area contributed by atoms with Crippen LogP contribution < -0.4 is 10.6 Å². The first kappa shape index (κ1) is 22.2. The zero-order valence-electron chi connectivity index (χ0n) is 16.4. The average Bonchev–Trinajstić information content (AvgIpc) is 3.39. The molecule has 0 atom stereocenters. The van der Waals surface area contributed by atoms with E-state index in [2.05, 4.69) is 0 Å². The lowest BCUT2D eigenvalue weighted by molar-refractivity contribution is -0.112. The average molecular weight is 487 g/mol. The highest BCUT2D eigenvalue weighted by Crippen LogP contribution is 2.44. The summed E-state index contributed by atoms with van der Waals surface area (Å²) in [5, 5.41) is 10.5. The molecule has 0 spiro atoms. The van der Waals surface area contributed by atoms with Crippen molar-refractivity contribution < 1.29 is 33.4 Å². The Bertz CT molecular complexity index is 1370. The summed E-state index contributed by atoms with van der Waals surface area (Å²) in [5.41, 5.74) is 4.74. The van der Waals surface area contributed by atoms with Crippen LogP contribution in [0.3, 0.4) is 0 Å². The lowest BCUT2D eigenvalue weighted by atomic mass is 10.0. The van der Waals surface area contributed by atoms with Crippen molar-refractivity contribution in [3.05, 3.63) is 86.3 Å². The molecule has 2 aromatic carbocycles. The lowest BCUT2D eigenvalue weighted by Gasteiger charge is -2.12. The number of ether oxygens (including phenoxy) is 1. The number of hydrogen-bond acceptors (Lipinski definition) is 6. The van der Waals surface area contributed by atoms with Gasteiger partial charge in [0.1, 0.15) is 5.82 Å². The van der Waals surface area contributed by atoms with E-state index in [-0.39, 0.29) is 38.7 Å². The number of imide groups is 1. The van der Waals surface area contributed by atoms with Gasteiger partial charge >= 0.3 is 18.0 Å². The number of carboxylic acids is 1. The van der Waals surface area contributed by atoms with Gasteiger partial charge in [-0.1, -0.05) is 23.7 Å². The van der Waals surface area contributed by atoms with E-state index >= 15 is 0 Å². The standard InChI is InChI=1S/C22H12ClFN2O6S/c23-13-9-15-12(8-14(13)24)17(19(27)26(15)22(25)31)18(16-5-2-6-33-16)32-21(30)11-4-1-3-10(7-11)20(28)29/h1-9H,(H2,25,31)(H,28,29). The highest BCUT2D eigenvalue weighted by atomic mass is 35.5. The van der Waals surface area contributed by atoms with Crippen LogP contribution in [0.25, 0.3) is 11.3 Å². The summed E-state index contributed by atoms with van der Waals surface area (Å²) >= 11 is 6.95. The fraction of sp³-hybridized carbons (Fsp3) is 0. The van der Waals surface area contributed by atoms with Crippen LogP contribution in [-0.4, -0.2) is 29.0 Å². The minimum absolute atomic E-state index is 0.0452. The fourth-order valence-electron chi connectivity index (χ4n) is 3.26. The number of aromatic carboxylic acids is 1. The molecule has 0 saturated heterocycles. The molecule has 11 heteroatoms. The molecule has 0 bridgehead atoms. The molecule has 3 N–H and O–H groups in total. The number of nitrogens with zero attached hydrogens (tertiary/aromatic N) is 1. The van der Waals surface area contributed by atoms with Gasteiger partial charge in [-0.05, 0) is 41.8 Å². The van der Waals surface area contributed by atoms with Crippen LogP contribution in [0, 0.1) is 5.82 Å². The number of urea groups is 1. The first-order valence-corrected chi connectivity index (χ1v) is 10.4. The number of carbonyl (C=O) groups excluding carboxylic acids is 3. The maximum absolute atomic E-state index is 14.3. The van der Waals surface area contributed by atoms with Gasteiger partial charge < -0.3 is 15.6 Å². The summed E-state index contributed by atoms with van der Waals surface area (Å²) in [6.45, 7) is 0. The second kappa shape index (κ2) is 8.49. The van der Waals surface area contributed by atoms with Crippen molar-refractivity contribution in [3.63, 3.8) is 0 Å². The Hall–Kier alpha value is -4.02. The number of esters is 1. The van der Waals surface area contributed by atoms with Gasteiger partial charge in [-0.3, -0.25) is 4.79 Å². The van der Waals surface area contributed by atoms with Crippen LogP contribution in [0.15, 0.2) is 53.9 Å². The molecule has 0 unspecified atom stereocenters. The number of hydrogen-bond donors (Lipinski definition) is 2. The number of fused-ring (bicyclic) bond motifs is 1. The van der Waals surface area contributed by atoms with Crippen molar-refractivity contribution in [1.29, 1.82) is 0 Å². The Morgan fingerprint density at radius 2 is 1.82 bits per heavy atom. The number of halogens is 2. The molecule has 1 aliphatic rings. The first-order chi connectivity index (χ1) is 15.7. The molecule has 166 valence electrons. The number of carbonyl (C=O) groups is 4. The number of amides is 3. The van der Waals surface area contributed by atoms with Gasteiger partial charge in [0.15, 0.2) is 5.76 Å². The van der Waals surface area contributed by atoms with Gasteiger partial charge in [0.2, 0.25) is 0 Å². The molecule has 3 amide bonds. The number of primary amides is 1. The minimum Gasteiger partial charge on any atom is -0.478 e. The Labute approximate surface area is 194 Å². The molecule has 3 aromatic rings. The van der Waals surface area contributed by atoms with E-state index in [1.54, 1.807) is 17.5 Å². The zero-order valence-corrected chi connectivity index (χ0v) is 17.9. The summed E-state index contributed by atoms with van der Waals surface area (Å²) in [4.78, 5) is 50.2. The number of thiophene rings is 1. The second-order valence-electron chi connectivity index (χ2n) is 6.72. The van der Waals surface area contributed by atoms with Crippen molar-refractivity contribution >= 4 is 63.8 Å². The van der Waals surface area contributed by atoms with Crippen LogP contribution in [0.1, 0.15) is 31.2 Å². The highest BCUT2D eigenvalue weighted by Gasteiger charge is 2.40. The SMILES string of the molecule is NC(=O)N1C(=O)C(=C(OC(=O)c2cccc(C(=O)O)c2)c2cccs2)c2cc(F)c(Cl)cc21. The smallest absolute Gasteiger partial charge is 0.343 e. The molecule has 0 aliphatic carbocycles. The zero-order chi connectivity index (χ0) is 23.9. The predicted molar refractivity (Wildman–Crippen MR) is 118 cm³/mol. The minimum atomic E-state index is -1.24. The van der Waals surface area contributed by atoms with Crippen LogP contribution in [0.2, 0.25) is 5.02 Å². The lowest BCUT2D eigenvalue weighted by Crippen LogP contribution is -2.38. The van der Waals surface area contributed by atoms with E-state index in [9.17, 15) is 23.6 Å². The molecule has 33 heavy (non-hydrogen) atoms. The van der Waals surface area contributed by atoms with E-state index in [1.807, 2.05) is 0 Å². The Morgan fingerprint density at radius 1 is 1.09 bits per heavy atom. The Morgan fingerprint density at radius 3 is 2.45 bits per heavy atom. The second-order valence-corrected chi connectivity index (χ2v) is 8.07. The van der Waals surface area contributed by atoms with Crippen molar-refractivity contribution in [2.45, 2.75) is 0 Å². The summed E-state index contributed by atoms with van der Waals surface area (Å²) in [5.74, 6) is -4.25. The fourth-order valence-corrected chi connectivity index (χ4v) is 4.13. The molecule has 0 fully saturated rings. The highest BCUT2D eigenvalue weighted by molar-refractivity contribution is 7.11. The monoisotopic (exact) mass is 486 g/mol. The topological polar surface area (TPSA) is 127 Å². The van der Waals surface area contributed by atoms with Crippen LogP contribution in [-0.2, 0) is 9.53 Å². The predicted octanol–water partition coefficient (Wildman–Crippen LogP) is 4.39. The maximum atomic E-state index is 14.3. The van der Waals surface area contributed by atoms with Gasteiger partial charge in [-0.25, -0.2) is 23.7 Å². The van der Waals surface area contributed by atoms with Gasteiger partial charge in [0, 0.05) is 5.56 Å². The Balaban J connectivity index is 1.90. The first-order valence-electron chi connectivity index (χ1n) is 9.16. The van der Waals surface area contributed by atoms with E-state index in [0.29, 0.717) is 9.78 Å². The normalized spacial score (nSPS) is 14.1. The third-order valence-electron chi connectivity index (χ3n) is 4.70. The van der Waals surface area contributed by atoms with E-state index in [0.717, 1.165) is 29.5 Å². The molecule has 4 rings (SSSR count). The van der Waals surface area contributed by atoms with Crippen molar-refractivity contribution in [2.75, 3.05) is 4.90 Å². The van der Waals surface area contributed by atoms with E-state index < -0.39 is 29.7 Å². The molecule has 0 saturated carbocycles. The molecule has 1 aliphatic heterocycles. The van der Waals surface area contributed by atoms with Crippen LogP contribution in [0.5, 0.6) is 0 Å². The summed E-state index contributed by atoms with van der Waals surface area (Å²) in [7, 11) is 0. The van der Waals surface area contributed by atoms with E-state index in [4.69, 9.17) is 27.2 Å². The van der Waals surface area contributed by atoms with Gasteiger partial charge in [-0.2, -0.15) is 0 Å². The van der Waals surface area contributed by atoms with Gasteiger partial charge in [0.05, 0.1) is 32.3 Å². The number of benzene rings is 2. The van der Waals surface area contributed by atoms with Crippen molar-refractivity contribution in [2.24, 2.45) is 5.73 Å². The summed E-state index contributed by atoms with van der Waals surface area (Å²) in [6, 6.07) is 9.18. The molecular formula is C22H12ClFN2O6S. The van der Waals surface area contributed by atoms with Gasteiger partial charge in [0.25, 0.3) is 5.91 Å². The van der Waals surface area contributed by atoms with Crippen molar-refractivity contribution in [1.82, 2.24) is 0 Å².